The quantitative estimate of drug-likeness (QED) is 0.522. The van der Waals surface area contributed by atoms with E-state index in [1.165, 1.54) is 20.3 Å². The third-order valence-electron chi connectivity index (χ3n) is 4.16. The highest BCUT2D eigenvalue weighted by molar-refractivity contribution is 5.86. The minimum atomic E-state index is -0.469. The Labute approximate surface area is 148 Å². The van der Waals surface area contributed by atoms with Gasteiger partial charge in [0, 0.05) is 17.5 Å². The maximum Gasteiger partial charge on any atom is 0.282 e. The van der Waals surface area contributed by atoms with Crippen molar-refractivity contribution in [2.24, 2.45) is 0 Å². The Morgan fingerprint density at radius 2 is 1.73 bits per heavy atom. The monoisotopic (exact) mass is 354 g/mol. The highest BCUT2D eigenvalue weighted by Crippen LogP contribution is 2.41. The van der Waals surface area contributed by atoms with Gasteiger partial charge in [0.15, 0.2) is 23.0 Å². The normalized spacial score (nSPS) is 12.2. The third kappa shape index (κ3) is 2.52. The number of hydrogen-bond acceptors (Lipinski definition) is 7. The molecule has 3 aromatic rings. The van der Waals surface area contributed by atoms with Crippen LogP contribution in [0.25, 0.3) is 22.2 Å². The Balaban J connectivity index is 1.91. The highest BCUT2D eigenvalue weighted by Gasteiger charge is 2.22. The maximum absolute atomic E-state index is 11.5. The van der Waals surface area contributed by atoms with Gasteiger partial charge < -0.3 is 18.9 Å². The van der Waals surface area contributed by atoms with Crippen LogP contribution in [0.15, 0.2) is 36.4 Å². The highest BCUT2D eigenvalue weighted by atomic mass is 16.7. The van der Waals surface area contributed by atoms with E-state index in [-0.39, 0.29) is 18.2 Å². The van der Waals surface area contributed by atoms with Gasteiger partial charge in [-0.2, -0.15) is 0 Å². The van der Waals surface area contributed by atoms with Crippen LogP contribution in [0, 0.1) is 10.1 Å². The summed E-state index contributed by atoms with van der Waals surface area (Å²) in [5.41, 5.74) is 1.32. The van der Waals surface area contributed by atoms with Crippen LogP contribution in [0.3, 0.4) is 0 Å². The van der Waals surface area contributed by atoms with Gasteiger partial charge in [-0.25, -0.2) is 4.98 Å². The Hall–Kier alpha value is -3.55. The number of nitro benzene ring substituents is 1. The van der Waals surface area contributed by atoms with Crippen LogP contribution < -0.4 is 18.9 Å². The summed E-state index contributed by atoms with van der Waals surface area (Å²) in [6.45, 7) is 0.166. The van der Waals surface area contributed by atoms with Crippen molar-refractivity contribution < 1.29 is 23.9 Å². The van der Waals surface area contributed by atoms with E-state index in [1.54, 1.807) is 18.2 Å². The average Bonchev–Trinajstić information content (AvgIpc) is 3.11. The Kier molecular flexibility index (Phi) is 3.72. The minimum Gasteiger partial charge on any atom is -0.493 e. The number of pyridine rings is 1. The summed E-state index contributed by atoms with van der Waals surface area (Å²) >= 11 is 0. The molecule has 0 amide bonds. The minimum absolute atomic E-state index is 0.116. The van der Waals surface area contributed by atoms with E-state index in [2.05, 4.69) is 4.98 Å². The van der Waals surface area contributed by atoms with Gasteiger partial charge in [-0.1, -0.05) is 6.07 Å². The van der Waals surface area contributed by atoms with E-state index >= 15 is 0 Å². The molecule has 0 spiro atoms. The molecule has 0 N–H and O–H groups in total. The fourth-order valence-electron chi connectivity index (χ4n) is 2.89. The molecule has 1 aliphatic heterocycles. The zero-order valence-electron chi connectivity index (χ0n) is 14.0. The smallest absolute Gasteiger partial charge is 0.282 e. The summed E-state index contributed by atoms with van der Waals surface area (Å²) in [4.78, 5) is 15.6. The summed E-state index contributed by atoms with van der Waals surface area (Å²) in [6, 6.07) is 10.0. The van der Waals surface area contributed by atoms with Gasteiger partial charge in [-0.3, -0.25) is 10.1 Å². The lowest BCUT2D eigenvalue weighted by Crippen LogP contribution is -1.98. The Bertz CT molecular complexity index is 1030. The van der Waals surface area contributed by atoms with Crippen molar-refractivity contribution in [3.8, 4) is 34.3 Å². The summed E-state index contributed by atoms with van der Waals surface area (Å²) in [6.07, 6.45) is 0. The standard InChI is InChI=1S/C18H14N2O6/c1-23-15-6-11(14(20(21)22)8-16(15)24-2)12-4-3-10-5-17-18(26-9-25-17)7-13(10)19-12/h3-8H,9H2,1-2H3. The third-order valence-corrected chi connectivity index (χ3v) is 4.16. The van der Waals surface area contributed by atoms with Crippen molar-refractivity contribution in [2.75, 3.05) is 21.0 Å². The number of methoxy groups -OCH3 is 2. The number of nitro groups is 1. The predicted molar refractivity (Wildman–Crippen MR) is 93.1 cm³/mol. The lowest BCUT2D eigenvalue weighted by molar-refractivity contribution is -0.384. The topological polar surface area (TPSA) is 93.0 Å². The second kappa shape index (κ2) is 6.07. The molecule has 132 valence electrons. The van der Waals surface area contributed by atoms with E-state index in [9.17, 15) is 10.1 Å². The second-order valence-corrected chi connectivity index (χ2v) is 5.58. The van der Waals surface area contributed by atoms with Crippen LogP contribution in [-0.4, -0.2) is 30.9 Å². The van der Waals surface area contributed by atoms with Gasteiger partial charge in [0.05, 0.1) is 42.0 Å². The predicted octanol–water partition coefficient (Wildman–Crippen LogP) is 3.56. The molecule has 2 aromatic carbocycles. The first-order valence-electron chi connectivity index (χ1n) is 7.72. The molecule has 0 fully saturated rings. The van der Waals surface area contributed by atoms with Crippen molar-refractivity contribution in [3.05, 3.63) is 46.5 Å². The van der Waals surface area contributed by atoms with Gasteiger partial charge in [0.25, 0.3) is 5.69 Å². The van der Waals surface area contributed by atoms with E-state index in [0.29, 0.717) is 34.0 Å². The molecule has 0 unspecified atom stereocenters. The first-order chi connectivity index (χ1) is 12.6. The molecule has 0 atom stereocenters. The first kappa shape index (κ1) is 15.9. The summed E-state index contributed by atoms with van der Waals surface area (Å²) < 4.78 is 21.2. The van der Waals surface area contributed by atoms with Crippen LogP contribution in [0.5, 0.6) is 23.0 Å². The van der Waals surface area contributed by atoms with Crippen LogP contribution >= 0.6 is 0 Å². The van der Waals surface area contributed by atoms with E-state index in [1.807, 2.05) is 12.1 Å². The SMILES string of the molecule is COc1cc(-c2ccc3cc4c(cc3n2)OCO4)c([N+](=O)[O-])cc1OC. The number of ether oxygens (including phenoxy) is 4. The molecule has 8 heteroatoms. The molecule has 1 aliphatic rings. The zero-order valence-corrected chi connectivity index (χ0v) is 14.0. The largest absolute Gasteiger partial charge is 0.493 e. The van der Waals surface area contributed by atoms with Crippen LogP contribution in [0.2, 0.25) is 0 Å². The van der Waals surface area contributed by atoms with Crippen molar-refractivity contribution in [1.82, 2.24) is 4.98 Å². The van der Waals surface area contributed by atoms with Crippen LogP contribution in [-0.2, 0) is 0 Å². The summed E-state index contributed by atoms with van der Waals surface area (Å²) in [5, 5.41) is 12.4. The van der Waals surface area contributed by atoms with E-state index < -0.39 is 4.92 Å². The summed E-state index contributed by atoms with van der Waals surface area (Å²) in [7, 11) is 2.90. The molecule has 4 rings (SSSR count). The maximum atomic E-state index is 11.5. The fraction of sp³-hybridized carbons (Fsp3) is 0.167. The van der Waals surface area contributed by atoms with Crippen molar-refractivity contribution in [2.45, 2.75) is 0 Å². The number of hydrogen-bond donors (Lipinski definition) is 0. The Morgan fingerprint density at radius 1 is 1.04 bits per heavy atom. The van der Waals surface area contributed by atoms with Gasteiger partial charge in [-0.05, 0) is 12.1 Å². The van der Waals surface area contributed by atoms with Crippen molar-refractivity contribution >= 4 is 16.6 Å². The average molecular weight is 354 g/mol. The van der Waals surface area contributed by atoms with Crippen LogP contribution in [0.1, 0.15) is 0 Å². The van der Waals surface area contributed by atoms with Crippen molar-refractivity contribution in [3.63, 3.8) is 0 Å². The lowest BCUT2D eigenvalue weighted by Gasteiger charge is -2.11. The molecule has 2 heterocycles. The Morgan fingerprint density at radius 3 is 2.42 bits per heavy atom. The summed E-state index contributed by atoms with van der Waals surface area (Å²) in [5.74, 6) is 1.93. The first-order valence-corrected chi connectivity index (χ1v) is 7.72. The van der Waals surface area contributed by atoms with E-state index in [4.69, 9.17) is 18.9 Å². The zero-order chi connectivity index (χ0) is 18.3. The van der Waals surface area contributed by atoms with Gasteiger partial charge in [0.1, 0.15) is 0 Å². The van der Waals surface area contributed by atoms with Gasteiger partial charge in [0.2, 0.25) is 6.79 Å². The lowest BCUT2D eigenvalue weighted by atomic mass is 10.1. The van der Waals surface area contributed by atoms with Crippen LogP contribution in [0.4, 0.5) is 5.69 Å². The number of benzene rings is 2. The number of fused-ring (bicyclic) bond motifs is 2. The molecular weight excluding hydrogens is 340 g/mol. The molecule has 8 nitrogen and oxygen atoms in total. The number of nitrogens with zero attached hydrogens (tertiary/aromatic N) is 2. The van der Waals surface area contributed by atoms with Gasteiger partial charge >= 0.3 is 0 Å². The molecule has 1 aromatic heterocycles. The van der Waals surface area contributed by atoms with Gasteiger partial charge in [-0.15, -0.1) is 0 Å². The van der Waals surface area contributed by atoms with E-state index in [0.717, 1.165) is 5.39 Å². The molecule has 0 saturated heterocycles. The fourth-order valence-corrected chi connectivity index (χ4v) is 2.89. The molecule has 0 aliphatic carbocycles. The molecule has 0 saturated carbocycles. The molecule has 0 bridgehead atoms. The number of aromatic nitrogens is 1. The molecular formula is C18H14N2O6. The molecule has 26 heavy (non-hydrogen) atoms. The van der Waals surface area contributed by atoms with Crippen molar-refractivity contribution in [1.29, 1.82) is 0 Å². The number of rotatable bonds is 4. The molecule has 0 radical (unpaired) electrons. The second-order valence-electron chi connectivity index (χ2n) is 5.58.